The Morgan fingerprint density at radius 3 is 2.74 bits per heavy atom. The van der Waals surface area contributed by atoms with Gasteiger partial charge in [-0.2, -0.15) is 0 Å². The second-order valence-electron chi connectivity index (χ2n) is 5.36. The molecule has 19 heavy (non-hydrogen) atoms. The summed E-state index contributed by atoms with van der Waals surface area (Å²) in [5.41, 5.74) is 0. The average Bonchev–Trinajstić information content (AvgIpc) is 2.84. The number of likely N-dealkylation sites (N-methyl/N-ethyl adjacent to an activating group) is 1. The Morgan fingerprint density at radius 2 is 2.05 bits per heavy atom. The molecule has 0 aliphatic carbocycles. The fourth-order valence-electron chi connectivity index (χ4n) is 2.75. The highest BCUT2D eigenvalue weighted by Gasteiger charge is 2.22. The molecule has 1 aliphatic rings. The Hall–Kier alpha value is -0.840. The van der Waals surface area contributed by atoms with Crippen LogP contribution in [-0.2, 0) is 13.1 Å². The van der Waals surface area contributed by atoms with Crippen LogP contribution in [0.25, 0.3) is 0 Å². The maximum Gasteiger partial charge on any atom is 0.118 e. The van der Waals surface area contributed by atoms with Gasteiger partial charge in [-0.1, -0.05) is 13.8 Å². The van der Waals surface area contributed by atoms with Crippen molar-refractivity contribution >= 4 is 0 Å². The van der Waals surface area contributed by atoms with Crippen molar-refractivity contribution in [3.63, 3.8) is 0 Å². The van der Waals surface area contributed by atoms with Gasteiger partial charge in [0.25, 0.3) is 0 Å². The lowest BCUT2D eigenvalue weighted by Crippen LogP contribution is -2.51. The largest absolute Gasteiger partial charge is 0.463 e. The molecule has 4 heteroatoms. The molecule has 108 valence electrons. The van der Waals surface area contributed by atoms with Crippen LogP contribution in [0.2, 0.25) is 0 Å². The number of hydrogen-bond acceptors (Lipinski definition) is 4. The number of rotatable bonds is 6. The van der Waals surface area contributed by atoms with Gasteiger partial charge in [0, 0.05) is 25.7 Å². The first-order valence-corrected chi connectivity index (χ1v) is 7.47. The first kappa shape index (κ1) is 14.6. The molecule has 0 aromatic carbocycles. The van der Waals surface area contributed by atoms with Gasteiger partial charge < -0.3 is 9.73 Å². The average molecular weight is 265 g/mol. The zero-order chi connectivity index (χ0) is 13.7. The molecular weight excluding hydrogens is 238 g/mol. The van der Waals surface area contributed by atoms with E-state index >= 15 is 0 Å². The maximum absolute atomic E-state index is 5.86. The van der Waals surface area contributed by atoms with Crippen LogP contribution < -0.4 is 5.32 Å². The van der Waals surface area contributed by atoms with Crippen LogP contribution in [0.5, 0.6) is 0 Å². The lowest BCUT2D eigenvalue weighted by atomic mass is 10.2. The van der Waals surface area contributed by atoms with Gasteiger partial charge in [-0.05, 0) is 32.1 Å². The highest BCUT2D eigenvalue weighted by atomic mass is 16.3. The molecule has 4 nitrogen and oxygen atoms in total. The third-order valence-electron chi connectivity index (χ3n) is 3.90. The van der Waals surface area contributed by atoms with Crippen molar-refractivity contribution in [3.05, 3.63) is 23.7 Å². The van der Waals surface area contributed by atoms with Gasteiger partial charge in [-0.25, -0.2) is 0 Å². The van der Waals surface area contributed by atoms with Gasteiger partial charge in [-0.15, -0.1) is 0 Å². The van der Waals surface area contributed by atoms with Crippen molar-refractivity contribution in [2.75, 3.05) is 32.7 Å². The minimum absolute atomic E-state index is 0.648. The van der Waals surface area contributed by atoms with E-state index in [0.29, 0.717) is 6.04 Å². The van der Waals surface area contributed by atoms with E-state index in [4.69, 9.17) is 4.42 Å². The number of nitrogens with zero attached hydrogens (tertiary/aromatic N) is 2. The second kappa shape index (κ2) is 7.08. The molecule has 1 atom stereocenters. The number of nitrogens with one attached hydrogen (secondary N) is 1. The summed E-state index contributed by atoms with van der Waals surface area (Å²) in [5, 5.41) is 3.29. The molecule has 1 fully saturated rings. The summed E-state index contributed by atoms with van der Waals surface area (Å²) in [5.74, 6) is 2.13. The standard InChI is InChI=1S/C15H27N3O/c1-4-16-10-14-6-7-15(19-14)12-17-8-9-18(5-2)13(3)11-17/h6-7,13,16H,4-5,8-12H2,1-3H3. The van der Waals surface area contributed by atoms with Crippen LogP contribution in [0.3, 0.4) is 0 Å². The molecular formula is C15H27N3O. The summed E-state index contributed by atoms with van der Waals surface area (Å²) in [6.45, 7) is 14.0. The molecule has 2 heterocycles. The van der Waals surface area contributed by atoms with Gasteiger partial charge in [0.05, 0.1) is 13.1 Å². The molecule has 1 aliphatic heterocycles. The first-order valence-electron chi connectivity index (χ1n) is 7.47. The van der Waals surface area contributed by atoms with Crippen LogP contribution in [0.1, 0.15) is 32.3 Å². The molecule has 1 aromatic rings. The van der Waals surface area contributed by atoms with Crippen molar-refractivity contribution in [2.24, 2.45) is 0 Å². The van der Waals surface area contributed by atoms with E-state index in [1.165, 1.54) is 6.54 Å². The Labute approximate surface area is 116 Å². The fraction of sp³-hybridized carbons (Fsp3) is 0.733. The number of piperazine rings is 1. The summed E-state index contributed by atoms with van der Waals surface area (Å²) in [6.07, 6.45) is 0. The monoisotopic (exact) mass is 265 g/mol. The summed E-state index contributed by atoms with van der Waals surface area (Å²) in [7, 11) is 0. The van der Waals surface area contributed by atoms with E-state index in [2.05, 4.69) is 48.0 Å². The topological polar surface area (TPSA) is 31.6 Å². The summed E-state index contributed by atoms with van der Waals surface area (Å²) in [6, 6.07) is 4.85. The van der Waals surface area contributed by atoms with Gasteiger partial charge >= 0.3 is 0 Å². The molecule has 1 saturated heterocycles. The fourth-order valence-corrected chi connectivity index (χ4v) is 2.75. The van der Waals surface area contributed by atoms with E-state index < -0.39 is 0 Å². The molecule has 0 bridgehead atoms. The zero-order valence-electron chi connectivity index (χ0n) is 12.5. The second-order valence-corrected chi connectivity index (χ2v) is 5.36. The first-order chi connectivity index (χ1) is 9.22. The third kappa shape index (κ3) is 4.06. The van der Waals surface area contributed by atoms with E-state index in [9.17, 15) is 0 Å². The minimum atomic E-state index is 0.648. The summed E-state index contributed by atoms with van der Waals surface area (Å²) < 4.78 is 5.86. The van der Waals surface area contributed by atoms with Crippen LogP contribution >= 0.6 is 0 Å². The highest BCUT2D eigenvalue weighted by Crippen LogP contribution is 2.15. The lowest BCUT2D eigenvalue weighted by Gasteiger charge is -2.38. The molecule has 0 radical (unpaired) electrons. The summed E-state index contributed by atoms with van der Waals surface area (Å²) in [4.78, 5) is 5.03. The van der Waals surface area contributed by atoms with Crippen LogP contribution in [-0.4, -0.2) is 48.6 Å². The quantitative estimate of drug-likeness (QED) is 0.851. The van der Waals surface area contributed by atoms with E-state index in [1.807, 2.05) is 0 Å². The molecule has 0 amide bonds. The van der Waals surface area contributed by atoms with Crippen molar-refractivity contribution < 1.29 is 4.42 Å². The van der Waals surface area contributed by atoms with Crippen molar-refractivity contribution in [3.8, 4) is 0 Å². The van der Waals surface area contributed by atoms with Gasteiger partial charge in [0.1, 0.15) is 11.5 Å². The molecule has 0 spiro atoms. The van der Waals surface area contributed by atoms with Gasteiger partial charge in [0.2, 0.25) is 0 Å². The SMILES string of the molecule is CCNCc1ccc(CN2CCN(CC)C(C)C2)o1. The molecule has 2 rings (SSSR count). The van der Waals surface area contributed by atoms with E-state index in [-0.39, 0.29) is 0 Å². The Kier molecular flexibility index (Phi) is 5.43. The summed E-state index contributed by atoms with van der Waals surface area (Å²) >= 11 is 0. The van der Waals surface area contributed by atoms with Crippen molar-refractivity contribution in [1.82, 2.24) is 15.1 Å². The highest BCUT2D eigenvalue weighted by molar-refractivity contribution is 5.07. The molecule has 1 unspecified atom stereocenters. The minimum Gasteiger partial charge on any atom is -0.463 e. The van der Waals surface area contributed by atoms with E-state index in [1.54, 1.807) is 0 Å². The molecule has 1 aromatic heterocycles. The number of furan rings is 1. The predicted molar refractivity (Wildman–Crippen MR) is 78.1 cm³/mol. The lowest BCUT2D eigenvalue weighted by molar-refractivity contribution is 0.0787. The Morgan fingerprint density at radius 1 is 1.26 bits per heavy atom. The smallest absolute Gasteiger partial charge is 0.118 e. The zero-order valence-corrected chi connectivity index (χ0v) is 12.5. The Bertz CT molecular complexity index is 377. The third-order valence-corrected chi connectivity index (χ3v) is 3.90. The van der Waals surface area contributed by atoms with Crippen LogP contribution in [0.15, 0.2) is 16.5 Å². The number of hydrogen-bond donors (Lipinski definition) is 1. The van der Waals surface area contributed by atoms with E-state index in [0.717, 1.165) is 50.8 Å². The molecule has 0 saturated carbocycles. The van der Waals surface area contributed by atoms with Crippen molar-refractivity contribution in [2.45, 2.75) is 39.9 Å². The van der Waals surface area contributed by atoms with Gasteiger partial charge in [0.15, 0.2) is 0 Å². The van der Waals surface area contributed by atoms with Crippen molar-refractivity contribution in [1.29, 1.82) is 0 Å². The van der Waals surface area contributed by atoms with Gasteiger partial charge in [-0.3, -0.25) is 9.80 Å². The Balaban J connectivity index is 1.83. The molecule has 1 N–H and O–H groups in total. The van der Waals surface area contributed by atoms with Crippen LogP contribution in [0.4, 0.5) is 0 Å². The normalized spacial score (nSPS) is 21.9. The maximum atomic E-state index is 5.86. The predicted octanol–water partition coefficient (Wildman–Crippen LogP) is 1.92. The van der Waals surface area contributed by atoms with Crippen LogP contribution in [0, 0.1) is 0 Å².